The Kier molecular flexibility index (Phi) is 4.01. The molecule has 0 saturated carbocycles. The zero-order valence-corrected chi connectivity index (χ0v) is 5.76. The Morgan fingerprint density at radius 2 is 2.40 bits per heavy atom. The summed E-state index contributed by atoms with van der Waals surface area (Å²) >= 11 is 0. The molecule has 1 aliphatic rings. The lowest BCUT2D eigenvalue weighted by molar-refractivity contribution is -0.111. The molecular formula is C9H16O. The number of carbonyl (C=O) groups is 1. The van der Waals surface area contributed by atoms with Gasteiger partial charge in [0.05, 0.1) is 0 Å². The van der Waals surface area contributed by atoms with E-state index < -0.39 is 0 Å². The van der Waals surface area contributed by atoms with Crippen LogP contribution in [0.25, 0.3) is 0 Å². The number of carbonyl (C=O) groups excluding carboxylic acids is 1. The van der Waals surface area contributed by atoms with Crippen molar-refractivity contribution < 1.29 is 4.79 Å². The summed E-state index contributed by atoms with van der Waals surface area (Å²) in [7, 11) is 0. The van der Waals surface area contributed by atoms with Crippen LogP contribution in [-0.4, -0.2) is 6.29 Å². The van der Waals surface area contributed by atoms with Gasteiger partial charge in [-0.3, -0.25) is 0 Å². The smallest absolute Gasteiger partial charge is 0.123 e. The van der Waals surface area contributed by atoms with E-state index in [1.165, 1.54) is 5.57 Å². The van der Waals surface area contributed by atoms with Crippen LogP contribution in [0, 0.1) is 5.92 Å². The summed E-state index contributed by atoms with van der Waals surface area (Å²) < 4.78 is 0. The number of hydrogen-bond acceptors (Lipinski definition) is 1. The molecule has 1 rings (SSSR count). The van der Waals surface area contributed by atoms with Crippen LogP contribution in [0.2, 0.25) is 0 Å². The van der Waals surface area contributed by atoms with E-state index in [1.807, 2.05) is 0 Å². The average molecular weight is 140 g/mol. The van der Waals surface area contributed by atoms with Gasteiger partial charge >= 0.3 is 0 Å². The van der Waals surface area contributed by atoms with E-state index in [4.69, 9.17) is 0 Å². The van der Waals surface area contributed by atoms with Crippen molar-refractivity contribution in [3.63, 3.8) is 0 Å². The maximum atomic E-state index is 10.2. The van der Waals surface area contributed by atoms with Crippen molar-refractivity contribution in [3.05, 3.63) is 11.6 Å². The van der Waals surface area contributed by atoms with E-state index in [2.05, 4.69) is 13.0 Å². The number of allylic oxidation sites excluding steroid dienone is 2. The Bertz CT molecular complexity index is 136. The number of hydrogen-bond donors (Lipinski definition) is 0. The summed E-state index contributed by atoms with van der Waals surface area (Å²) in [5.74, 6) is 0.314. The Labute approximate surface area is 63.1 Å². The molecule has 1 nitrogen and oxygen atoms in total. The van der Waals surface area contributed by atoms with Crippen molar-refractivity contribution in [2.45, 2.75) is 33.6 Å². The largest absolute Gasteiger partial charge is 0.303 e. The van der Waals surface area contributed by atoms with Crippen LogP contribution in [0.3, 0.4) is 0 Å². The molecule has 1 heteroatoms. The Morgan fingerprint density at radius 1 is 1.70 bits per heavy atom. The fourth-order valence-electron chi connectivity index (χ4n) is 1.11. The SMILES string of the molecule is C.CC1=CCC(C=O)CC1. The molecule has 0 N–H and O–H groups in total. The first kappa shape index (κ1) is 9.41. The van der Waals surface area contributed by atoms with Gasteiger partial charge in [-0.1, -0.05) is 19.1 Å². The first-order valence-corrected chi connectivity index (χ1v) is 3.44. The van der Waals surface area contributed by atoms with Gasteiger partial charge < -0.3 is 4.79 Å². The second-order valence-corrected chi connectivity index (χ2v) is 2.72. The van der Waals surface area contributed by atoms with E-state index in [1.54, 1.807) is 0 Å². The molecule has 0 aliphatic heterocycles. The second-order valence-electron chi connectivity index (χ2n) is 2.72. The molecule has 0 heterocycles. The Balaban J connectivity index is 0.000000810. The van der Waals surface area contributed by atoms with Crippen LogP contribution in [-0.2, 0) is 4.79 Å². The van der Waals surface area contributed by atoms with Gasteiger partial charge in [0.2, 0.25) is 0 Å². The first-order valence-electron chi connectivity index (χ1n) is 3.44. The predicted molar refractivity (Wildman–Crippen MR) is 43.9 cm³/mol. The summed E-state index contributed by atoms with van der Waals surface area (Å²) in [6.07, 6.45) is 6.38. The van der Waals surface area contributed by atoms with E-state index in [-0.39, 0.29) is 7.43 Å². The van der Waals surface area contributed by atoms with Crippen LogP contribution < -0.4 is 0 Å². The molecule has 10 heavy (non-hydrogen) atoms. The third-order valence-corrected chi connectivity index (χ3v) is 1.87. The molecule has 1 unspecified atom stereocenters. The molecule has 58 valence electrons. The quantitative estimate of drug-likeness (QED) is 0.404. The fourth-order valence-corrected chi connectivity index (χ4v) is 1.11. The zero-order chi connectivity index (χ0) is 6.69. The highest BCUT2D eigenvalue weighted by atomic mass is 16.1. The molecule has 0 fully saturated rings. The van der Waals surface area contributed by atoms with Gasteiger partial charge in [0.1, 0.15) is 6.29 Å². The highest BCUT2D eigenvalue weighted by Gasteiger charge is 2.09. The molecular weight excluding hydrogens is 124 g/mol. The molecule has 1 atom stereocenters. The van der Waals surface area contributed by atoms with E-state index in [9.17, 15) is 4.79 Å². The van der Waals surface area contributed by atoms with Gasteiger partial charge in [-0.2, -0.15) is 0 Å². The van der Waals surface area contributed by atoms with Crippen LogP contribution in [0.4, 0.5) is 0 Å². The lowest BCUT2D eigenvalue weighted by Crippen LogP contribution is -2.04. The van der Waals surface area contributed by atoms with Crippen LogP contribution in [0.1, 0.15) is 33.6 Å². The standard InChI is InChI=1S/C8H12O.CH4/c1-7-2-4-8(6-9)5-3-7;/h2,6,8H,3-5H2,1H3;1H4. The molecule has 0 radical (unpaired) electrons. The summed E-state index contributed by atoms with van der Waals surface area (Å²) in [5.41, 5.74) is 1.44. The Morgan fingerprint density at radius 3 is 2.80 bits per heavy atom. The van der Waals surface area contributed by atoms with Gasteiger partial charge in [-0.05, 0) is 26.2 Å². The van der Waals surface area contributed by atoms with Crippen molar-refractivity contribution in [2.24, 2.45) is 5.92 Å². The fraction of sp³-hybridized carbons (Fsp3) is 0.667. The van der Waals surface area contributed by atoms with Crippen LogP contribution in [0.5, 0.6) is 0 Å². The van der Waals surface area contributed by atoms with E-state index in [0.717, 1.165) is 25.5 Å². The van der Waals surface area contributed by atoms with Crippen molar-refractivity contribution in [1.29, 1.82) is 0 Å². The minimum absolute atomic E-state index is 0. The van der Waals surface area contributed by atoms with Crippen LogP contribution >= 0.6 is 0 Å². The minimum atomic E-state index is 0. The summed E-state index contributed by atoms with van der Waals surface area (Å²) in [6.45, 7) is 2.13. The second kappa shape index (κ2) is 4.26. The van der Waals surface area contributed by atoms with E-state index >= 15 is 0 Å². The molecule has 0 saturated heterocycles. The molecule has 0 bridgehead atoms. The topological polar surface area (TPSA) is 17.1 Å². The van der Waals surface area contributed by atoms with Crippen LogP contribution in [0.15, 0.2) is 11.6 Å². The van der Waals surface area contributed by atoms with Gasteiger partial charge in [-0.25, -0.2) is 0 Å². The predicted octanol–water partition coefficient (Wildman–Crippen LogP) is 2.57. The van der Waals surface area contributed by atoms with Gasteiger partial charge in [0.15, 0.2) is 0 Å². The molecule has 0 spiro atoms. The number of rotatable bonds is 1. The normalized spacial score (nSPS) is 24.5. The third-order valence-electron chi connectivity index (χ3n) is 1.87. The van der Waals surface area contributed by atoms with Gasteiger partial charge in [0.25, 0.3) is 0 Å². The van der Waals surface area contributed by atoms with Gasteiger partial charge in [-0.15, -0.1) is 0 Å². The zero-order valence-electron chi connectivity index (χ0n) is 5.76. The summed E-state index contributed by atoms with van der Waals surface area (Å²) in [5, 5.41) is 0. The van der Waals surface area contributed by atoms with Gasteiger partial charge in [0, 0.05) is 5.92 Å². The number of aldehydes is 1. The lowest BCUT2D eigenvalue weighted by Gasteiger charge is -2.13. The molecule has 0 amide bonds. The van der Waals surface area contributed by atoms with Crippen molar-refractivity contribution in [2.75, 3.05) is 0 Å². The molecule has 1 aliphatic carbocycles. The summed E-state index contributed by atoms with van der Waals surface area (Å²) in [4.78, 5) is 10.2. The van der Waals surface area contributed by atoms with E-state index in [0.29, 0.717) is 5.92 Å². The van der Waals surface area contributed by atoms with Crippen molar-refractivity contribution in [3.8, 4) is 0 Å². The maximum absolute atomic E-state index is 10.2. The molecule has 0 aromatic heterocycles. The Hall–Kier alpha value is -0.590. The first-order chi connectivity index (χ1) is 4.33. The average Bonchev–Trinajstić information content (AvgIpc) is 1.90. The summed E-state index contributed by atoms with van der Waals surface area (Å²) in [6, 6.07) is 0. The highest BCUT2D eigenvalue weighted by Crippen LogP contribution is 2.20. The minimum Gasteiger partial charge on any atom is -0.303 e. The van der Waals surface area contributed by atoms with Crippen molar-refractivity contribution >= 4 is 6.29 Å². The van der Waals surface area contributed by atoms with Crippen molar-refractivity contribution in [1.82, 2.24) is 0 Å². The molecule has 0 aromatic rings. The lowest BCUT2D eigenvalue weighted by atomic mass is 9.92. The monoisotopic (exact) mass is 140 g/mol. The maximum Gasteiger partial charge on any atom is 0.123 e. The highest BCUT2D eigenvalue weighted by molar-refractivity contribution is 5.54. The molecule has 0 aromatic carbocycles. The third kappa shape index (κ3) is 2.34.